The Morgan fingerprint density at radius 3 is 3.25 bits per heavy atom. The second-order valence-electron chi connectivity index (χ2n) is 4.18. The maximum atomic E-state index is 4.43. The fourth-order valence-corrected chi connectivity index (χ4v) is 3.01. The molecule has 4 heteroatoms. The Bertz CT molecular complexity index is 343. The van der Waals surface area contributed by atoms with E-state index in [1.54, 1.807) is 0 Å². The van der Waals surface area contributed by atoms with Gasteiger partial charge in [-0.05, 0) is 19.1 Å². The molecule has 0 radical (unpaired) electrons. The van der Waals surface area contributed by atoms with Crippen molar-refractivity contribution in [2.75, 3.05) is 30.4 Å². The second-order valence-corrected chi connectivity index (χ2v) is 5.33. The van der Waals surface area contributed by atoms with Gasteiger partial charge in [0.15, 0.2) is 0 Å². The number of pyridine rings is 1. The molecule has 0 aromatic carbocycles. The van der Waals surface area contributed by atoms with Crippen molar-refractivity contribution >= 4 is 17.4 Å². The molecule has 2 heterocycles. The molecular weight excluding hydrogens is 218 g/mol. The summed E-state index contributed by atoms with van der Waals surface area (Å²) in [6.45, 7) is 4.45. The first-order valence-electron chi connectivity index (χ1n) is 5.74. The first kappa shape index (κ1) is 11.7. The lowest BCUT2D eigenvalue weighted by Crippen LogP contribution is -2.39. The number of aromatic nitrogens is 1. The molecule has 0 bridgehead atoms. The first-order valence-corrected chi connectivity index (χ1v) is 6.89. The van der Waals surface area contributed by atoms with E-state index in [4.69, 9.17) is 0 Å². The third-order valence-corrected chi connectivity index (χ3v) is 4.16. The number of thioether (sulfide) groups is 1. The predicted molar refractivity (Wildman–Crippen MR) is 71.0 cm³/mol. The van der Waals surface area contributed by atoms with Crippen molar-refractivity contribution in [2.24, 2.45) is 0 Å². The Labute approximate surface area is 102 Å². The number of hydrogen-bond acceptors (Lipinski definition) is 4. The summed E-state index contributed by atoms with van der Waals surface area (Å²) in [7, 11) is 1.94. The Kier molecular flexibility index (Phi) is 4.07. The monoisotopic (exact) mass is 237 g/mol. The van der Waals surface area contributed by atoms with Crippen molar-refractivity contribution in [2.45, 2.75) is 19.5 Å². The molecule has 0 saturated carbocycles. The van der Waals surface area contributed by atoms with Gasteiger partial charge in [-0.2, -0.15) is 11.8 Å². The van der Waals surface area contributed by atoms with Crippen molar-refractivity contribution in [1.82, 2.24) is 9.88 Å². The van der Waals surface area contributed by atoms with Crippen LogP contribution in [-0.2, 0) is 6.54 Å². The minimum atomic E-state index is 0.666. The molecule has 1 unspecified atom stereocenters. The Hall–Kier alpha value is -0.740. The molecule has 1 aliphatic heterocycles. The summed E-state index contributed by atoms with van der Waals surface area (Å²) >= 11 is 2.05. The van der Waals surface area contributed by atoms with E-state index in [0.717, 1.165) is 17.9 Å². The zero-order valence-electron chi connectivity index (χ0n) is 9.94. The van der Waals surface area contributed by atoms with E-state index in [1.165, 1.54) is 18.1 Å². The van der Waals surface area contributed by atoms with Crippen LogP contribution in [0.2, 0.25) is 0 Å². The van der Waals surface area contributed by atoms with E-state index in [9.17, 15) is 0 Å². The van der Waals surface area contributed by atoms with E-state index in [2.05, 4.69) is 40.0 Å². The third kappa shape index (κ3) is 2.89. The van der Waals surface area contributed by atoms with Crippen LogP contribution in [0.15, 0.2) is 18.3 Å². The standard InChI is InChI=1S/C12H19N3S/c1-10-9-16-6-5-15(10)8-12-7-11(13-2)3-4-14-12/h3-4,7,10H,5-6,8-9H2,1-2H3,(H,13,14). The Morgan fingerprint density at radius 2 is 2.50 bits per heavy atom. The molecule has 88 valence electrons. The van der Waals surface area contributed by atoms with Crippen molar-refractivity contribution in [3.63, 3.8) is 0 Å². The normalized spacial score (nSPS) is 22.0. The minimum Gasteiger partial charge on any atom is -0.388 e. The fourth-order valence-electron chi connectivity index (χ4n) is 1.92. The fraction of sp³-hybridized carbons (Fsp3) is 0.583. The van der Waals surface area contributed by atoms with Gasteiger partial charge in [0.2, 0.25) is 0 Å². The lowest BCUT2D eigenvalue weighted by atomic mass is 10.2. The van der Waals surface area contributed by atoms with E-state index < -0.39 is 0 Å². The highest BCUT2D eigenvalue weighted by molar-refractivity contribution is 7.99. The summed E-state index contributed by atoms with van der Waals surface area (Å²) in [6.07, 6.45) is 1.88. The molecule has 0 amide bonds. The summed E-state index contributed by atoms with van der Waals surface area (Å²) < 4.78 is 0. The average Bonchev–Trinajstić information content (AvgIpc) is 2.32. The van der Waals surface area contributed by atoms with E-state index in [0.29, 0.717) is 6.04 Å². The maximum absolute atomic E-state index is 4.43. The highest BCUT2D eigenvalue weighted by Crippen LogP contribution is 2.18. The van der Waals surface area contributed by atoms with Gasteiger partial charge in [0.25, 0.3) is 0 Å². The molecule has 1 aromatic heterocycles. The van der Waals surface area contributed by atoms with E-state index >= 15 is 0 Å². The van der Waals surface area contributed by atoms with Crippen molar-refractivity contribution in [3.8, 4) is 0 Å². The molecule has 1 N–H and O–H groups in total. The number of nitrogens with zero attached hydrogens (tertiary/aromatic N) is 2. The van der Waals surface area contributed by atoms with Gasteiger partial charge in [-0.3, -0.25) is 9.88 Å². The third-order valence-electron chi connectivity index (χ3n) is 2.98. The van der Waals surface area contributed by atoms with Gasteiger partial charge in [-0.15, -0.1) is 0 Å². The zero-order chi connectivity index (χ0) is 11.4. The van der Waals surface area contributed by atoms with Gasteiger partial charge in [-0.25, -0.2) is 0 Å². The van der Waals surface area contributed by atoms with Crippen LogP contribution in [0, 0.1) is 0 Å². The molecule has 0 aliphatic carbocycles. The number of rotatable bonds is 3. The molecular formula is C12H19N3S. The van der Waals surface area contributed by atoms with Crippen LogP contribution in [0.4, 0.5) is 5.69 Å². The van der Waals surface area contributed by atoms with Crippen LogP contribution in [0.25, 0.3) is 0 Å². The summed E-state index contributed by atoms with van der Waals surface area (Å²) in [5, 5.41) is 3.15. The topological polar surface area (TPSA) is 28.2 Å². The van der Waals surface area contributed by atoms with E-state index in [-0.39, 0.29) is 0 Å². The average molecular weight is 237 g/mol. The maximum Gasteiger partial charge on any atom is 0.0564 e. The first-order chi connectivity index (χ1) is 7.79. The highest BCUT2D eigenvalue weighted by atomic mass is 32.2. The Morgan fingerprint density at radius 1 is 1.62 bits per heavy atom. The number of hydrogen-bond donors (Lipinski definition) is 1. The van der Waals surface area contributed by atoms with Gasteiger partial charge in [-0.1, -0.05) is 0 Å². The Balaban J connectivity index is 2.01. The molecule has 1 aromatic rings. The number of nitrogens with one attached hydrogen (secondary N) is 1. The lowest BCUT2D eigenvalue weighted by Gasteiger charge is -2.32. The van der Waals surface area contributed by atoms with Gasteiger partial charge in [0.1, 0.15) is 0 Å². The largest absolute Gasteiger partial charge is 0.388 e. The van der Waals surface area contributed by atoms with Gasteiger partial charge in [0, 0.05) is 49.6 Å². The van der Waals surface area contributed by atoms with Crippen LogP contribution >= 0.6 is 11.8 Å². The van der Waals surface area contributed by atoms with Crippen LogP contribution in [0.5, 0.6) is 0 Å². The lowest BCUT2D eigenvalue weighted by molar-refractivity contribution is 0.221. The van der Waals surface area contributed by atoms with Crippen LogP contribution in [-0.4, -0.2) is 41.0 Å². The molecule has 3 nitrogen and oxygen atoms in total. The smallest absolute Gasteiger partial charge is 0.0564 e. The summed E-state index contributed by atoms with van der Waals surface area (Å²) in [4.78, 5) is 6.94. The molecule has 2 rings (SSSR count). The van der Waals surface area contributed by atoms with Crippen LogP contribution in [0.3, 0.4) is 0 Å². The zero-order valence-corrected chi connectivity index (χ0v) is 10.8. The molecule has 1 aliphatic rings. The predicted octanol–water partition coefficient (Wildman–Crippen LogP) is 2.06. The van der Waals surface area contributed by atoms with E-state index in [1.807, 2.05) is 19.3 Å². The summed E-state index contributed by atoms with van der Waals surface area (Å²) in [5.41, 5.74) is 2.30. The molecule has 0 spiro atoms. The SMILES string of the molecule is CNc1ccnc(CN2CCSCC2C)c1. The summed E-state index contributed by atoms with van der Waals surface area (Å²) in [6, 6.07) is 4.80. The van der Waals surface area contributed by atoms with Crippen molar-refractivity contribution in [3.05, 3.63) is 24.0 Å². The molecule has 1 saturated heterocycles. The minimum absolute atomic E-state index is 0.666. The number of anilines is 1. The van der Waals surface area contributed by atoms with Gasteiger partial charge < -0.3 is 5.32 Å². The molecule has 16 heavy (non-hydrogen) atoms. The van der Waals surface area contributed by atoms with Crippen molar-refractivity contribution < 1.29 is 0 Å². The van der Waals surface area contributed by atoms with Crippen molar-refractivity contribution in [1.29, 1.82) is 0 Å². The quantitative estimate of drug-likeness (QED) is 0.871. The van der Waals surface area contributed by atoms with Gasteiger partial charge in [0.05, 0.1) is 5.69 Å². The molecule has 1 atom stereocenters. The van der Waals surface area contributed by atoms with Crippen LogP contribution < -0.4 is 5.32 Å². The second kappa shape index (κ2) is 5.55. The van der Waals surface area contributed by atoms with Crippen LogP contribution in [0.1, 0.15) is 12.6 Å². The summed E-state index contributed by atoms with van der Waals surface area (Å²) in [5.74, 6) is 2.49. The van der Waals surface area contributed by atoms with Gasteiger partial charge >= 0.3 is 0 Å². The highest BCUT2D eigenvalue weighted by Gasteiger charge is 2.18. The molecule has 1 fully saturated rings.